The minimum absolute atomic E-state index is 0.0185. The number of hydrogen-bond acceptors (Lipinski definition) is 7. The molecule has 1 heterocycles. The topological polar surface area (TPSA) is 130 Å². The summed E-state index contributed by atoms with van der Waals surface area (Å²) in [6, 6.07) is 20.2. The number of fused-ring (bicyclic) bond motifs is 1. The summed E-state index contributed by atoms with van der Waals surface area (Å²) in [7, 11) is 3.17. The minimum Gasteiger partial charge on any atom is -0.497 e. The molecule has 1 amide bonds. The van der Waals surface area contributed by atoms with Crippen molar-refractivity contribution in [2.45, 2.75) is 13.0 Å². The van der Waals surface area contributed by atoms with E-state index in [-0.39, 0.29) is 17.9 Å². The van der Waals surface area contributed by atoms with Crippen LogP contribution in [0, 0.1) is 10.1 Å². The summed E-state index contributed by atoms with van der Waals surface area (Å²) in [4.78, 5) is 28.3. The Morgan fingerprint density at radius 2 is 1.51 bits per heavy atom. The molecule has 0 spiro atoms. The first-order valence-electron chi connectivity index (χ1n) is 10.8. The van der Waals surface area contributed by atoms with Crippen molar-refractivity contribution >= 4 is 28.3 Å². The predicted molar refractivity (Wildman–Crippen MR) is 133 cm³/mol. The number of amides is 1. The van der Waals surface area contributed by atoms with E-state index >= 15 is 0 Å². The number of rotatable bonds is 9. The molecule has 0 aliphatic rings. The van der Waals surface area contributed by atoms with Crippen LogP contribution >= 0.6 is 0 Å². The average molecular weight is 473 g/mol. The standard InChI is InChI=1S/C26H24N4O5/c1-34-19-8-3-16(4-9-19)13-18-7-12-22-21(14-18)23(25(27)31)24(30(32)33)26(29-22)28-15-17-5-10-20(35-2)11-6-17/h3-12,14H,13,15H2,1-2H3,(H2,27,31)(H,28,29). The lowest BCUT2D eigenvalue weighted by Gasteiger charge is -2.12. The Morgan fingerprint density at radius 3 is 2.06 bits per heavy atom. The second kappa shape index (κ2) is 10.1. The molecular weight excluding hydrogens is 448 g/mol. The summed E-state index contributed by atoms with van der Waals surface area (Å²) >= 11 is 0. The van der Waals surface area contributed by atoms with Crippen LogP contribution in [0.1, 0.15) is 27.0 Å². The van der Waals surface area contributed by atoms with Gasteiger partial charge in [-0.25, -0.2) is 4.98 Å². The summed E-state index contributed by atoms with van der Waals surface area (Å²) in [6.45, 7) is 0.261. The molecular formula is C26H24N4O5. The van der Waals surface area contributed by atoms with Crippen LogP contribution in [0.4, 0.5) is 11.5 Å². The zero-order valence-corrected chi connectivity index (χ0v) is 19.3. The molecule has 0 atom stereocenters. The molecule has 0 unspecified atom stereocenters. The quantitative estimate of drug-likeness (QED) is 0.272. The van der Waals surface area contributed by atoms with E-state index in [4.69, 9.17) is 15.2 Å². The van der Waals surface area contributed by atoms with Crippen molar-refractivity contribution in [3.63, 3.8) is 0 Å². The molecule has 0 saturated carbocycles. The smallest absolute Gasteiger partial charge is 0.324 e. The molecule has 3 N–H and O–H groups in total. The van der Waals surface area contributed by atoms with Gasteiger partial charge in [0.2, 0.25) is 5.82 Å². The Bertz CT molecular complexity index is 1390. The number of nitrogens with two attached hydrogens (primary N) is 1. The molecule has 4 aromatic rings. The van der Waals surface area contributed by atoms with Crippen LogP contribution in [-0.2, 0) is 13.0 Å². The zero-order valence-electron chi connectivity index (χ0n) is 19.3. The largest absolute Gasteiger partial charge is 0.497 e. The van der Waals surface area contributed by atoms with Gasteiger partial charge in [0.1, 0.15) is 17.1 Å². The van der Waals surface area contributed by atoms with Crippen LogP contribution in [0.2, 0.25) is 0 Å². The number of hydrogen-bond donors (Lipinski definition) is 2. The lowest BCUT2D eigenvalue weighted by Crippen LogP contribution is -2.17. The monoisotopic (exact) mass is 472 g/mol. The molecule has 4 rings (SSSR count). The van der Waals surface area contributed by atoms with E-state index < -0.39 is 16.5 Å². The first-order chi connectivity index (χ1) is 16.9. The van der Waals surface area contributed by atoms with Gasteiger partial charge in [-0.05, 0) is 59.5 Å². The Morgan fingerprint density at radius 1 is 0.943 bits per heavy atom. The number of ether oxygens (including phenoxy) is 2. The van der Waals surface area contributed by atoms with Crippen LogP contribution < -0.4 is 20.5 Å². The highest BCUT2D eigenvalue weighted by atomic mass is 16.6. The number of pyridine rings is 1. The van der Waals surface area contributed by atoms with Crippen molar-refractivity contribution in [1.82, 2.24) is 4.98 Å². The molecule has 0 bridgehead atoms. The minimum atomic E-state index is -0.891. The molecule has 178 valence electrons. The number of anilines is 1. The van der Waals surface area contributed by atoms with E-state index in [0.717, 1.165) is 22.4 Å². The first-order valence-corrected chi connectivity index (χ1v) is 10.8. The Hall–Kier alpha value is -4.66. The summed E-state index contributed by atoms with van der Waals surface area (Å²) in [5.41, 5.74) is 8.19. The molecule has 0 saturated heterocycles. The third-order valence-electron chi connectivity index (χ3n) is 5.64. The fourth-order valence-corrected chi connectivity index (χ4v) is 3.87. The van der Waals surface area contributed by atoms with Crippen molar-refractivity contribution in [3.8, 4) is 11.5 Å². The van der Waals surface area contributed by atoms with Gasteiger partial charge in [0, 0.05) is 11.9 Å². The second-order valence-corrected chi connectivity index (χ2v) is 7.88. The number of carbonyl (C=O) groups is 1. The Labute approximate surface area is 201 Å². The highest BCUT2D eigenvalue weighted by molar-refractivity contribution is 6.11. The summed E-state index contributed by atoms with van der Waals surface area (Å²) in [6.07, 6.45) is 0.559. The molecule has 9 heteroatoms. The molecule has 0 aliphatic carbocycles. The average Bonchev–Trinajstić information content (AvgIpc) is 2.87. The number of methoxy groups -OCH3 is 2. The second-order valence-electron chi connectivity index (χ2n) is 7.88. The van der Waals surface area contributed by atoms with Gasteiger partial charge in [-0.2, -0.15) is 0 Å². The Kier molecular flexibility index (Phi) is 6.77. The van der Waals surface area contributed by atoms with Crippen LogP contribution in [0.15, 0.2) is 66.7 Å². The number of primary amides is 1. The van der Waals surface area contributed by atoms with Gasteiger partial charge >= 0.3 is 5.69 Å². The van der Waals surface area contributed by atoms with Crippen molar-refractivity contribution in [2.75, 3.05) is 19.5 Å². The predicted octanol–water partition coefficient (Wildman–Crippen LogP) is 4.46. The van der Waals surface area contributed by atoms with Crippen molar-refractivity contribution < 1.29 is 19.2 Å². The number of nitrogens with one attached hydrogen (secondary N) is 1. The fraction of sp³-hybridized carbons (Fsp3) is 0.154. The van der Waals surface area contributed by atoms with Gasteiger partial charge < -0.3 is 20.5 Å². The Balaban J connectivity index is 1.72. The van der Waals surface area contributed by atoms with E-state index in [1.54, 1.807) is 38.5 Å². The van der Waals surface area contributed by atoms with Crippen LogP contribution in [-0.4, -0.2) is 30.0 Å². The lowest BCUT2D eigenvalue weighted by molar-refractivity contribution is -0.384. The molecule has 0 radical (unpaired) electrons. The maximum absolute atomic E-state index is 12.4. The highest BCUT2D eigenvalue weighted by Crippen LogP contribution is 2.34. The van der Waals surface area contributed by atoms with E-state index in [2.05, 4.69) is 10.3 Å². The highest BCUT2D eigenvalue weighted by Gasteiger charge is 2.28. The van der Waals surface area contributed by atoms with E-state index in [9.17, 15) is 14.9 Å². The molecule has 0 fully saturated rings. The summed E-state index contributed by atoms with van der Waals surface area (Å²) in [5, 5.41) is 15.3. The van der Waals surface area contributed by atoms with E-state index in [1.165, 1.54) is 0 Å². The zero-order chi connectivity index (χ0) is 24.9. The van der Waals surface area contributed by atoms with Gasteiger partial charge in [0.15, 0.2) is 0 Å². The molecule has 1 aromatic heterocycles. The fourth-order valence-electron chi connectivity index (χ4n) is 3.87. The third kappa shape index (κ3) is 5.14. The van der Waals surface area contributed by atoms with E-state index in [1.807, 2.05) is 42.5 Å². The molecule has 35 heavy (non-hydrogen) atoms. The first kappa shape index (κ1) is 23.5. The van der Waals surface area contributed by atoms with Crippen LogP contribution in [0.3, 0.4) is 0 Å². The normalized spacial score (nSPS) is 10.7. The number of nitro groups is 1. The SMILES string of the molecule is COc1ccc(CNc2nc3ccc(Cc4ccc(OC)cc4)cc3c(C(N)=O)c2[N+](=O)[O-])cc1. The van der Waals surface area contributed by atoms with Crippen molar-refractivity contribution in [3.05, 3.63) is 99.1 Å². The van der Waals surface area contributed by atoms with Gasteiger partial charge in [0.05, 0.1) is 24.7 Å². The summed E-state index contributed by atoms with van der Waals surface area (Å²) in [5.74, 6) is 0.538. The van der Waals surface area contributed by atoms with Gasteiger partial charge in [-0.15, -0.1) is 0 Å². The lowest BCUT2D eigenvalue weighted by atomic mass is 9.99. The number of benzene rings is 3. The van der Waals surface area contributed by atoms with Crippen LogP contribution in [0.25, 0.3) is 10.9 Å². The van der Waals surface area contributed by atoms with Crippen LogP contribution in [0.5, 0.6) is 11.5 Å². The molecule has 3 aromatic carbocycles. The maximum atomic E-state index is 12.4. The number of aromatic nitrogens is 1. The van der Waals surface area contributed by atoms with Crippen molar-refractivity contribution in [1.29, 1.82) is 0 Å². The summed E-state index contributed by atoms with van der Waals surface area (Å²) < 4.78 is 10.3. The number of nitrogens with zero attached hydrogens (tertiary/aromatic N) is 2. The molecule has 0 aliphatic heterocycles. The number of carbonyl (C=O) groups excluding carboxylic acids is 1. The third-order valence-corrected chi connectivity index (χ3v) is 5.64. The van der Waals surface area contributed by atoms with E-state index in [0.29, 0.717) is 23.1 Å². The van der Waals surface area contributed by atoms with Gasteiger partial charge in [-0.1, -0.05) is 30.3 Å². The van der Waals surface area contributed by atoms with Gasteiger partial charge in [-0.3, -0.25) is 14.9 Å². The van der Waals surface area contributed by atoms with Crippen molar-refractivity contribution in [2.24, 2.45) is 5.73 Å². The molecule has 9 nitrogen and oxygen atoms in total. The maximum Gasteiger partial charge on any atom is 0.324 e. The van der Waals surface area contributed by atoms with Gasteiger partial charge in [0.25, 0.3) is 5.91 Å².